The van der Waals surface area contributed by atoms with Crippen LogP contribution in [0.4, 0.5) is 0 Å². The summed E-state index contributed by atoms with van der Waals surface area (Å²) in [6.45, 7) is 1.71. The fraction of sp³-hybridized carbons (Fsp3) is 0.381. The Kier molecular flexibility index (Phi) is 6.41. The fourth-order valence-corrected chi connectivity index (χ4v) is 3.35. The average Bonchev–Trinajstić information content (AvgIpc) is 2.73. The summed E-state index contributed by atoms with van der Waals surface area (Å²) in [5, 5.41) is 2.97. The first-order valence-corrected chi connectivity index (χ1v) is 9.23. The van der Waals surface area contributed by atoms with Crippen LogP contribution in [0.15, 0.2) is 48.8 Å². The van der Waals surface area contributed by atoms with E-state index in [1.807, 2.05) is 41.3 Å². The molecule has 0 spiro atoms. The third kappa shape index (κ3) is 5.06. The number of methoxy groups -OCH3 is 1. The third-order valence-corrected chi connectivity index (χ3v) is 4.94. The van der Waals surface area contributed by atoms with Crippen LogP contribution in [0.25, 0.3) is 0 Å². The molecule has 0 saturated carbocycles. The molecule has 0 radical (unpaired) electrons. The van der Waals surface area contributed by atoms with Gasteiger partial charge in [0, 0.05) is 43.5 Å². The molecule has 2 heterocycles. The maximum absolute atomic E-state index is 12.6. The van der Waals surface area contributed by atoms with Gasteiger partial charge in [-0.1, -0.05) is 24.3 Å². The topological polar surface area (TPSA) is 71.5 Å². The molecule has 6 nitrogen and oxygen atoms in total. The van der Waals surface area contributed by atoms with E-state index in [-0.39, 0.29) is 17.7 Å². The van der Waals surface area contributed by atoms with Crippen LogP contribution in [0, 0.1) is 5.92 Å². The number of rotatable bonds is 6. The van der Waals surface area contributed by atoms with E-state index in [0.29, 0.717) is 38.9 Å². The molecule has 1 aliphatic rings. The third-order valence-electron chi connectivity index (χ3n) is 4.94. The van der Waals surface area contributed by atoms with E-state index in [0.717, 1.165) is 16.9 Å². The van der Waals surface area contributed by atoms with Crippen molar-refractivity contribution in [2.75, 3.05) is 20.2 Å². The number of piperidine rings is 1. The Hall–Kier alpha value is -2.89. The molecule has 1 aromatic heterocycles. The van der Waals surface area contributed by atoms with Gasteiger partial charge in [0.05, 0.1) is 13.5 Å². The molecular formula is C21H25N3O3. The highest BCUT2D eigenvalue weighted by atomic mass is 16.5. The number of aromatic nitrogens is 1. The van der Waals surface area contributed by atoms with E-state index in [2.05, 4.69) is 10.3 Å². The zero-order valence-electron chi connectivity index (χ0n) is 15.6. The minimum atomic E-state index is -0.0445. The number of ether oxygens (including phenoxy) is 1. The van der Waals surface area contributed by atoms with Crippen molar-refractivity contribution in [1.82, 2.24) is 15.2 Å². The zero-order chi connectivity index (χ0) is 19.1. The predicted octanol–water partition coefficient (Wildman–Crippen LogP) is 2.19. The first-order valence-electron chi connectivity index (χ1n) is 9.23. The molecule has 1 fully saturated rings. The van der Waals surface area contributed by atoms with Crippen LogP contribution >= 0.6 is 0 Å². The summed E-state index contributed by atoms with van der Waals surface area (Å²) < 4.78 is 5.32. The number of benzene rings is 1. The van der Waals surface area contributed by atoms with Crippen LogP contribution in [0.1, 0.15) is 24.0 Å². The van der Waals surface area contributed by atoms with Gasteiger partial charge in [-0.15, -0.1) is 0 Å². The predicted molar refractivity (Wildman–Crippen MR) is 102 cm³/mol. The van der Waals surface area contributed by atoms with Crippen molar-refractivity contribution in [2.45, 2.75) is 25.8 Å². The molecule has 1 N–H and O–H groups in total. The van der Waals surface area contributed by atoms with E-state index in [9.17, 15) is 9.59 Å². The summed E-state index contributed by atoms with van der Waals surface area (Å²) in [4.78, 5) is 30.8. The molecular weight excluding hydrogens is 342 g/mol. The number of hydrogen-bond acceptors (Lipinski definition) is 4. The number of nitrogens with zero attached hydrogens (tertiary/aromatic N) is 2. The summed E-state index contributed by atoms with van der Waals surface area (Å²) in [6, 6.07) is 11.4. The fourth-order valence-electron chi connectivity index (χ4n) is 3.35. The molecule has 1 saturated heterocycles. The van der Waals surface area contributed by atoms with Gasteiger partial charge in [0.2, 0.25) is 11.8 Å². The first-order chi connectivity index (χ1) is 13.2. The number of carbonyl (C=O) groups is 2. The summed E-state index contributed by atoms with van der Waals surface area (Å²) >= 11 is 0. The van der Waals surface area contributed by atoms with Gasteiger partial charge in [0.1, 0.15) is 5.75 Å². The van der Waals surface area contributed by atoms with Crippen molar-refractivity contribution in [3.8, 4) is 5.75 Å². The van der Waals surface area contributed by atoms with E-state index in [4.69, 9.17) is 4.74 Å². The minimum absolute atomic E-state index is 0.0445. The molecule has 1 aliphatic heterocycles. The van der Waals surface area contributed by atoms with Crippen LogP contribution in [-0.2, 0) is 22.6 Å². The number of hydrogen-bond donors (Lipinski definition) is 1. The van der Waals surface area contributed by atoms with Gasteiger partial charge in [0.15, 0.2) is 0 Å². The maximum atomic E-state index is 12.6. The number of para-hydroxylation sites is 1. The van der Waals surface area contributed by atoms with E-state index >= 15 is 0 Å². The minimum Gasteiger partial charge on any atom is -0.496 e. The Morgan fingerprint density at radius 2 is 1.96 bits per heavy atom. The van der Waals surface area contributed by atoms with Crippen LogP contribution < -0.4 is 10.1 Å². The van der Waals surface area contributed by atoms with Gasteiger partial charge in [0.25, 0.3) is 0 Å². The summed E-state index contributed by atoms with van der Waals surface area (Å²) in [5.41, 5.74) is 1.87. The monoisotopic (exact) mass is 367 g/mol. The van der Waals surface area contributed by atoms with E-state index < -0.39 is 0 Å². The lowest BCUT2D eigenvalue weighted by Gasteiger charge is -2.31. The lowest BCUT2D eigenvalue weighted by atomic mass is 9.95. The van der Waals surface area contributed by atoms with Crippen molar-refractivity contribution < 1.29 is 14.3 Å². The molecule has 0 aliphatic carbocycles. The normalized spacial score (nSPS) is 14.6. The van der Waals surface area contributed by atoms with E-state index in [1.54, 1.807) is 19.5 Å². The molecule has 0 unspecified atom stereocenters. The second kappa shape index (κ2) is 9.16. The molecule has 1 aromatic carbocycles. The van der Waals surface area contributed by atoms with Crippen LogP contribution in [0.5, 0.6) is 5.75 Å². The van der Waals surface area contributed by atoms with Crippen molar-refractivity contribution >= 4 is 11.8 Å². The molecule has 0 atom stereocenters. The van der Waals surface area contributed by atoms with Gasteiger partial charge >= 0.3 is 0 Å². The molecule has 3 rings (SSSR count). The largest absolute Gasteiger partial charge is 0.496 e. The number of nitrogens with one attached hydrogen (secondary N) is 1. The van der Waals surface area contributed by atoms with E-state index in [1.165, 1.54) is 0 Å². The Balaban J connectivity index is 1.46. The molecule has 27 heavy (non-hydrogen) atoms. The molecule has 2 aromatic rings. The Morgan fingerprint density at radius 3 is 2.67 bits per heavy atom. The number of pyridine rings is 1. The van der Waals surface area contributed by atoms with Gasteiger partial charge in [-0.3, -0.25) is 14.6 Å². The highest BCUT2D eigenvalue weighted by Crippen LogP contribution is 2.21. The smallest absolute Gasteiger partial charge is 0.227 e. The lowest BCUT2D eigenvalue weighted by molar-refractivity contribution is -0.135. The molecule has 2 amide bonds. The SMILES string of the molecule is COc1ccccc1CC(=O)N1CCC(C(=O)NCc2cccnc2)CC1. The summed E-state index contributed by atoms with van der Waals surface area (Å²) in [7, 11) is 1.61. The van der Waals surface area contributed by atoms with Gasteiger partial charge in [-0.05, 0) is 30.5 Å². The molecule has 6 heteroatoms. The Labute approximate surface area is 159 Å². The van der Waals surface area contributed by atoms with Gasteiger partial charge in [-0.25, -0.2) is 0 Å². The van der Waals surface area contributed by atoms with Crippen molar-refractivity contribution in [2.24, 2.45) is 5.92 Å². The number of likely N-dealkylation sites (tertiary alicyclic amines) is 1. The average molecular weight is 367 g/mol. The Bertz CT molecular complexity index is 771. The second-order valence-corrected chi connectivity index (χ2v) is 6.72. The van der Waals surface area contributed by atoms with Gasteiger partial charge < -0.3 is 15.0 Å². The van der Waals surface area contributed by atoms with Crippen molar-refractivity contribution in [3.05, 3.63) is 59.9 Å². The highest BCUT2D eigenvalue weighted by Gasteiger charge is 2.27. The van der Waals surface area contributed by atoms with Crippen LogP contribution in [0.3, 0.4) is 0 Å². The lowest BCUT2D eigenvalue weighted by Crippen LogP contribution is -2.43. The zero-order valence-corrected chi connectivity index (χ0v) is 15.6. The molecule has 142 valence electrons. The van der Waals surface area contributed by atoms with Crippen molar-refractivity contribution in [3.63, 3.8) is 0 Å². The Morgan fingerprint density at radius 1 is 1.19 bits per heavy atom. The van der Waals surface area contributed by atoms with Gasteiger partial charge in [-0.2, -0.15) is 0 Å². The highest BCUT2D eigenvalue weighted by molar-refractivity contribution is 5.81. The second-order valence-electron chi connectivity index (χ2n) is 6.72. The summed E-state index contributed by atoms with van der Waals surface area (Å²) in [6.07, 6.45) is 5.16. The molecule has 0 bridgehead atoms. The van der Waals surface area contributed by atoms with Crippen LogP contribution in [0.2, 0.25) is 0 Å². The first kappa shape index (κ1) is 18.9. The quantitative estimate of drug-likeness (QED) is 0.850. The van der Waals surface area contributed by atoms with Crippen molar-refractivity contribution in [1.29, 1.82) is 0 Å². The summed E-state index contributed by atoms with van der Waals surface area (Å²) in [5.74, 6) is 0.817. The van der Waals surface area contributed by atoms with Crippen LogP contribution in [-0.4, -0.2) is 41.9 Å². The number of amides is 2. The number of carbonyl (C=O) groups excluding carboxylic acids is 2. The standard InChI is InChI=1S/C21H25N3O3/c1-27-19-7-3-2-6-18(19)13-20(25)24-11-8-17(9-12-24)21(26)23-15-16-5-4-10-22-14-16/h2-7,10,14,17H,8-9,11-13,15H2,1H3,(H,23,26). The maximum Gasteiger partial charge on any atom is 0.227 e.